The Kier molecular flexibility index (Phi) is 4.23. The molecule has 0 unspecified atom stereocenters. The number of amides is 2. The van der Waals surface area contributed by atoms with Gasteiger partial charge in [0.1, 0.15) is 0 Å². The van der Waals surface area contributed by atoms with Gasteiger partial charge in [-0.1, -0.05) is 6.07 Å². The SMILES string of the molecule is O=C(NCCC(=O)N1CCCC1)c1ccc2c(c1)CCC2. The van der Waals surface area contributed by atoms with Gasteiger partial charge in [0.2, 0.25) is 5.91 Å². The fraction of sp³-hybridized carbons (Fsp3) is 0.529. The van der Waals surface area contributed by atoms with Crippen molar-refractivity contribution >= 4 is 11.8 Å². The van der Waals surface area contributed by atoms with Gasteiger partial charge in [-0.25, -0.2) is 0 Å². The second kappa shape index (κ2) is 6.29. The summed E-state index contributed by atoms with van der Waals surface area (Å²) in [5.41, 5.74) is 3.39. The molecule has 4 nitrogen and oxygen atoms in total. The lowest BCUT2D eigenvalue weighted by molar-refractivity contribution is -0.129. The lowest BCUT2D eigenvalue weighted by Crippen LogP contribution is -2.32. The highest BCUT2D eigenvalue weighted by Crippen LogP contribution is 2.22. The summed E-state index contributed by atoms with van der Waals surface area (Å²) in [5.74, 6) is 0.0840. The summed E-state index contributed by atoms with van der Waals surface area (Å²) in [6.07, 6.45) is 5.99. The number of fused-ring (bicyclic) bond motifs is 1. The lowest BCUT2D eigenvalue weighted by atomic mass is 10.1. The van der Waals surface area contributed by atoms with Crippen molar-refractivity contribution in [3.8, 4) is 0 Å². The van der Waals surface area contributed by atoms with Crippen LogP contribution >= 0.6 is 0 Å². The van der Waals surface area contributed by atoms with Gasteiger partial charge in [-0.05, 0) is 55.4 Å². The van der Waals surface area contributed by atoms with Crippen molar-refractivity contribution in [2.24, 2.45) is 0 Å². The molecule has 0 bridgehead atoms. The molecule has 1 aliphatic heterocycles. The molecule has 2 amide bonds. The molecule has 2 aliphatic rings. The summed E-state index contributed by atoms with van der Waals surface area (Å²) in [5, 5.41) is 2.86. The third kappa shape index (κ3) is 3.26. The topological polar surface area (TPSA) is 49.4 Å². The first-order valence-corrected chi connectivity index (χ1v) is 7.92. The Morgan fingerprint density at radius 2 is 1.81 bits per heavy atom. The predicted molar refractivity (Wildman–Crippen MR) is 81.2 cm³/mol. The van der Waals surface area contributed by atoms with Gasteiger partial charge < -0.3 is 10.2 Å². The first-order chi connectivity index (χ1) is 10.2. The van der Waals surface area contributed by atoms with E-state index in [4.69, 9.17) is 0 Å². The summed E-state index contributed by atoms with van der Waals surface area (Å²) in [4.78, 5) is 25.9. The maximum atomic E-state index is 12.1. The van der Waals surface area contributed by atoms with Crippen molar-refractivity contribution in [1.82, 2.24) is 10.2 Å². The lowest BCUT2D eigenvalue weighted by Gasteiger charge is -2.15. The highest BCUT2D eigenvalue weighted by molar-refractivity contribution is 5.94. The number of hydrogen-bond donors (Lipinski definition) is 1. The number of carbonyl (C=O) groups is 2. The minimum Gasteiger partial charge on any atom is -0.352 e. The largest absolute Gasteiger partial charge is 0.352 e. The first-order valence-electron chi connectivity index (χ1n) is 7.92. The van der Waals surface area contributed by atoms with E-state index in [0.717, 1.165) is 38.8 Å². The molecular weight excluding hydrogens is 264 g/mol. The molecule has 0 atom stereocenters. The van der Waals surface area contributed by atoms with E-state index in [1.807, 2.05) is 17.0 Å². The summed E-state index contributed by atoms with van der Waals surface area (Å²) < 4.78 is 0. The van der Waals surface area contributed by atoms with Gasteiger partial charge >= 0.3 is 0 Å². The zero-order valence-electron chi connectivity index (χ0n) is 12.4. The number of benzene rings is 1. The molecule has 21 heavy (non-hydrogen) atoms. The van der Waals surface area contributed by atoms with Crippen LogP contribution in [-0.2, 0) is 17.6 Å². The Balaban J connectivity index is 1.49. The van der Waals surface area contributed by atoms with Crippen molar-refractivity contribution in [3.05, 3.63) is 34.9 Å². The van der Waals surface area contributed by atoms with Crippen molar-refractivity contribution in [1.29, 1.82) is 0 Å². The zero-order chi connectivity index (χ0) is 14.7. The van der Waals surface area contributed by atoms with Crippen LogP contribution in [0.1, 0.15) is 47.2 Å². The van der Waals surface area contributed by atoms with Crippen molar-refractivity contribution in [2.45, 2.75) is 38.5 Å². The fourth-order valence-electron chi connectivity index (χ4n) is 3.22. The number of nitrogens with one attached hydrogen (secondary N) is 1. The fourth-order valence-corrected chi connectivity index (χ4v) is 3.22. The first kappa shape index (κ1) is 14.1. The van der Waals surface area contributed by atoms with Gasteiger partial charge in [-0.15, -0.1) is 0 Å². The number of carbonyl (C=O) groups excluding carboxylic acids is 2. The summed E-state index contributed by atoms with van der Waals surface area (Å²) in [6.45, 7) is 2.17. The standard InChI is InChI=1S/C17H22N2O2/c20-16(19-10-1-2-11-19)8-9-18-17(21)15-7-6-13-4-3-5-14(13)12-15/h6-7,12H,1-5,8-11H2,(H,18,21). The molecule has 0 radical (unpaired) electrons. The van der Waals surface area contributed by atoms with Crippen LogP contribution in [0.3, 0.4) is 0 Å². The third-order valence-corrected chi connectivity index (χ3v) is 4.44. The Morgan fingerprint density at radius 3 is 2.62 bits per heavy atom. The monoisotopic (exact) mass is 286 g/mol. The minimum atomic E-state index is -0.0704. The molecule has 0 aromatic heterocycles. The second-order valence-electron chi connectivity index (χ2n) is 5.93. The summed E-state index contributed by atoms with van der Waals surface area (Å²) in [6, 6.07) is 5.95. The van der Waals surface area contributed by atoms with Crippen LogP contribution in [0.15, 0.2) is 18.2 Å². The van der Waals surface area contributed by atoms with Crippen LogP contribution in [0.4, 0.5) is 0 Å². The van der Waals surface area contributed by atoms with Gasteiger partial charge in [0.25, 0.3) is 5.91 Å². The molecule has 1 fully saturated rings. The molecule has 1 aliphatic carbocycles. The smallest absolute Gasteiger partial charge is 0.251 e. The molecule has 1 aromatic carbocycles. The Morgan fingerprint density at radius 1 is 1.05 bits per heavy atom. The molecule has 1 saturated heterocycles. The summed E-state index contributed by atoms with van der Waals surface area (Å²) in [7, 11) is 0. The molecule has 1 heterocycles. The van der Waals surface area contributed by atoms with Gasteiger partial charge in [-0.2, -0.15) is 0 Å². The molecule has 112 valence electrons. The van der Waals surface area contributed by atoms with Crippen molar-refractivity contribution in [2.75, 3.05) is 19.6 Å². The predicted octanol–water partition coefficient (Wildman–Crippen LogP) is 1.92. The molecule has 4 heteroatoms. The van der Waals surface area contributed by atoms with Crippen molar-refractivity contribution < 1.29 is 9.59 Å². The highest BCUT2D eigenvalue weighted by atomic mass is 16.2. The quantitative estimate of drug-likeness (QED) is 0.919. The molecular formula is C17H22N2O2. The second-order valence-corrected chi connectivity index (χ2v) is 5.93. The van der Waals surface area contributed by atoms with E-state index >= 15 is 0 Å². The van der Waals surface area contributed by atoms with Crippen LogP contribution in [0.25, 0.3) is 0 Å². The number of rotatable bonds is 4. The zero-order valence-corrected chi connectivity index (χ0v) is 12.4. The van der Waals surface area contributed by atoms with Gasteiger partial charge in [0.15, 0.2) is 0 Å². The Hall–Kier alpha value is -1.84. The molecule has 1 aromatic rings. The van der Waals surface area contributed by atoms with E-state index in [-0.39, 0.29) is 11.8 Å². The Bertz CT molecular complexity index is 548. The van der Waals surface area contributed by atoms with Crippen LogP contribution in [0.5, 0.6) is 0 Å². The molecule has 1 N–H and O–H groups in total. The maximum Gasteiger partial charge on any atom is 0.251 e. The van der Waals surface area contributed by atoms with Gasteiger partial charge in [0, 0.05) is 31.6 Å². The highest BCUT2D eigenvalue weighted by Gasteiger charge is 2.18. The number of hydrogen-bond acceptors (Lipinski definition) is 2. The van der Waals surface area contributed by atoms with E-state index in [9.17, 15) is 9.59 Å². The third-order valence-electron chi connectivity index (χ3n) is 4.44. The maximum absolute atomic E-state index is 12.1. The van der Waals surface area contributed by atoms with Crippen LogP contribution in [0, 0.1) is 0 Å². The number of aryl methyl sites for hydroxylation is 2. The molecule has 0 spiro atoms. The van der Waals surface area contributed by atoms with E-state index in [2.05, 4.69) is 11.4 Å². The minimum absolute atomic E-state index is 0.0704. The average Bonchev–Trinajstić information content (AvgIpc) is 3.17. The average molecular weight is 286 g/mol. The van der Waals surface area contributed by atoms with Gasteiger partial charge in [0.05, 0.1) is 0 Å². The van der Waals surface area contributed by atoms with Crippen LogP contribution < -0.4 is 5.32 Å². The van der Waals surface area contributed by atoms with Crippen molar-refractivity contribution in [3.63, 3.8) is 0 Å². The van der Waals surface area contributed by atoms with E-state index in [1.54, 1.807) is 0 Å². The van der Waals surface area contributed by atoms with Crippen LogP contribution in [0.2, 0.25) is 0 Å². The number of nitrogens with zero attached hydrogens (tertiary/aromatic N) is 1. The van der Waals surface area contributed by atoms with E-state index in [0.29, 0.717) is 18.5 Å². The molecule has 0 saturated carbocycles. The normalized spacial score (nSPS) is 16.9. The van der Waals surface area contributed by atoms with E-state index in [1.165, 1.54) is 17.5 Å². The Labute approximate surface area is 125 Å². The van der Waals surface area contributed by atoms with Gasteiger partial charge in [-0.3, -0.25) is 9.59 Å². The van der Waals surface area contributed by atoms with Crippen LogP contribution in [-0.4, -0.2) is 36.3 Å². The number of likely N-dealkylation sites (tertiary alicyclic amines) is 1. The van der Waals surface area contributed by atoms with E-state index < -0.39 is 0 Å². The summed E-state index contributed by atoms with van der Waals surface area (Å²) >= 11 is 0. The molecule has 3 rings (SSSR count).